The molecule has 2 saturated carbocycles. The highest BCUT2D eigenvalue weighted by atomic mass is 16.3. The quantitative estimate of drug-likeness (QED) is 0.212. The number of aromatic nitrogens is 5. The lowest BCUT2D eigenvalue weighted by Gasteiger charge is -2.32. The second-order valence-electron chi connectivity index (χ2n) is 12.4. The first-order chi connectivity index (χ1) is 21.0. The maximum absolute atomic E-state index is 13.9. The van der Waals surface area contributed by atoms with E-state index in [0.29, 0.717) is 18.0 Å². The molecule has 4 atom stereocenters. The molecule has 0 radical (unpaired) electrons. The molecule has 0 bridgehead atoms. The Morgan fingerprint density at radius 3 is 2.51 bits per heavy atom. The molecule has 43 heavy (non-hydrogen) atoms. The minimum absolute atomic E-state index is 0.0759. The van der Waals surface area contributed by atoms with Gasteiger partial charge in [-0.25, -0.2) is 0 Å². The average Bonchev–Trinajstić information content (AvgIpc) is 3.82. The molecule has 1 aromatic carbocycles. The monoisotopic (exact) mass is 582 g/mol. The zero-order valence-electron chi connectivity index (χ0n) is 24.8. The summed E-state index contributed by atoms with van der Waals surface area (Å²) in [6, 6.07) is 15.4. The molecule has 1 amide bonds. The third-order valence-electron chi connectivity index (χ3n) is 9.30. The van der Waals surface area contributed by atoms with Crippen LogP contribution in [-0.4, -0.2) is 59.2 Å². The van der Waals surface area contributed by atoms with Gasteiger partial charge in [-0.3, -0.25) is 9.78 Å². The summed E-state index contributed by atoms with van der Waals surface area (Å²) >= 11 is 0. The molecule has 9 heteroatoms. The molecule has 3 heterocycles. The lowest BCUT2D eigenvalue weighted by Crippen LogP contribution is -2.50. The SMILES string of the molecule is CCC(Cc1cccnc1)c1cc(-c2ccccc2)nn2c(C(=O)N[C@@H](CC3CCCCC3)[C@@H](O)[C@@H](O)C3CC3)nnc12. The van der Waals surface area contributed by atoms with Crippen LogP contribution in [0, 0.1) is 11.8 Å². The Hall–Kier alpha value is -3.69. The first kappa shape index (κ1) is 29.4. The van der Waals surface area contributed by atoms with Crippen molar-refractivity contribution >= 4 is 11.6 Å². The van der Waals surface area contributed by atoms with E-state index in [1.165, 1.54) is 6.42 Å². The van der Waals surface area contributed by atoms with E-state index < -0.39 is 24.2 Å². The number of aliphatic hydroxyl groups is 2. The van der Waals surface area contributed by atoms with Gasteiger partial charge in [0.15, 0.2) is 5.65 Å². The molecule has 3 aromatic heterocycles. The smallest absolute Gasteiger partial charge is 0.291 e. The Labute approximate surface area is 252 Å². The number of nitrogens with zero attached hydrogens (tertiary/aromatic N) is 5. The number of pyridine rings is 1. The van der Waals surface area contributed by atoms with Crippen molar-refractivity contribution in [1.29, 1.82) is 0 Å². The van der Waals surface area contributed by atoms with Gasteiger partial charge in [0, 0.05) is 23.5 Å². The van der Waals surface area contributed by atoms with Crippen LogP contribution in [-0.2, 0) is 6.42 Å². The van der Waals surface area contributed by atoms with Gasteiger partial charge in [-0.05, 0) is 67.6 Å². The van der Waals surface area contributed by atoms with Crippen molar-refractivity contribution in [3.05, 3.63) is 77.9 Å². The Morgan fingerprint density at radius 1 is 1.02 bits per heavy atom. The van der Waals surface area contributed by atoms with E-state index in [1.807, 2.05) is 42.6 Å². The van der Waals surface area contributed by atoms with Crippen LogP contribution in [0.25, 0.3) is 16.9 Å². The molecule has 9 nitrogen and oxygen atoms in total. The first-order valence-electron chi connectivity index (χ1n) is 15.9. The number of aliphatic hydroxyl groups excluding tert-OH is 2. The molecule has 3 N–H and O–H groups in total. The minimum atomic E-state index is -1.04. The van der Waals surface area contributed by atoms with E-state index in [1.54, 1.807) is 10.7 Å². The number of hydrogen-bond acceptors (Lipinski definition) is 7. The lowest BCUT2D eigenvalue weighted by molar-refractivity contribution is -0.0203. The van der Waals surface area contributed by atoms with Gasteiger partial charge in [0.05, 0.1) is 17.8 Å². The number of carbonyl (C=O) groups is 1. The lowest BCUT2D eigenvalue weighted by atomic mass is 9.82. The maximum Gasteiger partial charge on any atom is 0.291 e. The summed E-state index contributed by atoms with van der Waals surface area (Å²) in [4.78, 5) is 18.2. The summed E-state index contributed by atoms with van der Waals surface area (Å²) in [6.07, 6.45) is 11.5. The van der Waals surface area contributed by atoms with Gasteiger partial charge in [-0.1, -0.05) is 75.4 Å². The van der Waals surface area contributed by atoms with Gasteiger partial charge in [-0.15, -0.1) is 10.2 Å². The van der Waals surface area contributed by atoms with E-state index in [0.717, 1.165) is 73.8 Å². The van der Waals surface area contributed by atoms with E-state index >= 15 is 0 Å². The number of amides is 1. The fourth-order valence-corrected chi connectivity index (χ4v) is 6.63. The van der Waals surface area contributed by atoms with Gasteiger partial charge in [-0.2, -0.15) is 9.61 Å². The van der Waals surface area contributed by atoms with Gasteiger partial charge < -0.3 is 15.5 Å². The number of benzene rings is 1. The number of nitrogens with one attached hydrogen (secondary N) is 1. The first-order valence-corrected chi connectivity index (χ1v) is 15.9. The summed E-state index contributed by atoms with van der Waals surface area (Å²) in [5.74, 6) is 0.235. The summed E-state index contributed by atoms with van der Waals surface area (Å²) in [7, 11) is 0. The van der Waals surface area contributed by atoms with Crippen LogP contribution in [0.4, 0.5) is 0 Å². The molecule has 2 aliphatic rings. The fraction of sp³-hybridized carbons (Fsp3) is 0.500. The third-order valence-corrected chi connectivity index (χ3v) is 9.30. The highest BCUT2D eigenvalue weighted by molar-refractivity contribution is 5.91. The largest absolute Gasteiger partial charge is 0.390 e. The minimum Gasteiger partial charge on any atom is -0.390 e. The third kappa shape index (κ3) is 6.78. The Morgan fingerprint density at radius 2 is 1.81 bits per heavy atom. The van der Waals surface area contributed by atoms with Crippen LogP contribution in [0.3, 0.4) is 0 Å². The van der Waals surface area contributed by atoms with Crippen molar-refractivity contribution in [3.8, 4) is 11.3 Å². The highest BCUT2D eigenvalue weighted by Gasteiger charge is 2.39. The van der Waals surface area contributed by atoms with Gasteiger partial charge in [0.1, 0.15) is 6.10 Å². The van der Waals surface area contributed by atoms with Crippen LogP contribution in [0.15, 0.2) is 60.9 Å². The van der Waals surface area contributed by atoms with Crippen LogP contribution in [0.5, 0.6) is 0 Å². The van der Waals surface area contributed by atoms with E-state index in [9.17, 15) is 15.0 Å². The topological polar surface area (TPSA) is 126 Å². The summed E-state index contributed by atoms with van der Waals surface area (Å²) in [6.45, 7) is 2.15. The maximum atomic E-state index is 13.9. The molecule has 1 unspecified atom stereocenters. The van der Waals surface area contributed by atoms with E-state index in [-0.39, 0.29) is 17.7 Å². The standard InChI is InChI=1S/C34H42N6O3/c1-2-24(18-23-12-9-17-35-21-23)27-20-28(25-13-7-4-8-14-25)39-40-32(27)37-38-33(40)34(43)36-29(19-22-10-5-3-6-11-22)31(42)30(41)26-15-16-26/h4,7-9,12-14,17,20-22,24,26,29-31,41-42H,2-3,5-6,10-11,15-16,18-19H2,1H3,(H,36,43)/t24?,29-,30-,31+/m0/s1. The second kappa shape index (κ2) is 13.3. The molecule has 0 saturated heterocycles. The fourth-order valence-electron chi connectivity index (χ4n) is 6.63. The predicted molar refractivity (Wildman–Crippen MR) is 164 cm³/mol. The van der Waals surface area contributed by atoms with E-state index in [4.69, 9.17) is 5.10 Å². The molecule has 0 aliphatic heterocycles. The summed E-state index contributed by atoms with van der Waals surface area (Å²) in [5, 5.41) is 38.8. The zero-order chi connectivity index (χ0) is 29.8. The number of hydrogen-bond donors (Lipinski definition) is 3. The number of rotatable bonds is 12. The van der Waals surface area contributed by atoms with Crippen LogP contribution < -0.4 is 5.32 Å². The molecule has 6 rings (SSSR count). The molecule has 4 aromatic rings. The molecular weight excluding hydrogens is 540 g/mol. The number of fused-ring (bicyclic) bond motifs is 1. The van der Waals surface area contributed by atoms with Gasteiger partial charge >= 0.3 is 0 Å². The molecule has 226 valence electrons. The summed E-state index contributed by atoms with van der Waals surface area (Å²) in [5.41, 5.74) is 4.29. The highest BCUT2D eigenvalue weighted by Crippen LogP contribution is 2.36. The van der Waals surface area contributed by atoms with Crippen molar-refractivity contribution in [2.45, 2.75) is 95.3 Å². The summed E-state index contributed by atoms with van der Waals surface area (Å²) < 4.78 is 1.56. The van der Waals surface area contributed by atoms with Crippen molar-refractivity contribution in [2.75, 3.05) is 0 Å². The van der Waals surface area contributed by atoms with Crippen molar-refractivity contribution in [3.63, 3.8) is 0 Å². The Balaban J connectivity index is 1.35. The molecular formula is C34H42N6O3. The predicted octanol–water partition coefficient (Wildman–Crippen LogP) is 5.12. The normalized spacial score (nSPS) is 18.7. The Bertz CT molecular complexity index is 1500. The van der Waals surface area contributed by atoms with Gasteiger partial charge in [0.2, 0.25) is 5.82 Å². The Kier molecular flexibility index (Phi) is 9.09. The average molecular weight is 583 g/mol. The molecule has 2 fully saturated rings. The van der Waals surface area contributed by atoms with Crippen LogP contribution in [0.2, 0.25) is 0 Å². The van der Waals surface area contributed by atoms with Crippen LogP contribution in [0.1, 0.15) is 92.4 Å². The van der Waals surface area contributed by atoms with Crippen molar-refractivity contribution < 1.29 is 15.0 Å². The molecule has 0 spiro atoms. The zero-order valence-corrected chi connectivity index (χ0v) is 24.8. The molecule has 2 aliphatic carbocycles. The van der Waals surface area contributed by atoms with Crippen molar-refractivity contribution in [2.24, 2.45) is 11.8 Å². The van der Waals surface area contributed by atoms with Crippen molar-refractivity contribution in [1.82, 2.24) is 30.1 Å². The van der Waals surface area contributed by atoms with Crippen LogP contribution >= 0.6 is 0 Å². The number of carbonyl (C=O) groups excluding carboxylic acids is 1. The van der Waals surface area contributed by atoms with Gasteiger partial charge in [0.25, 0.3) is 5.91 Å². The second-order valence-corrected chi connectivity index (χ2v) is 12.4. The van der Waals surface area contributed by atoms with E-state index in [2.05, 4.69) is 39.6 Å².